The van der Waals surface area contributed by atoms with Crippen molar-refractivity contribution in [1.82, 2.24) is 14.3 Å². The quantitative estimate of drug-likeness (QED) is 0.788. The molecular weight excluding hydrogens is 318 g/mol. The summed E-state index contributed by atoms with van der Waals surface area (Å²) in [5.74, 6) is 1.37. The molecule has 8 nitrogen and oxygen atoms in total. The number of piperidine rings is 1. The van der Waals surface area contributed by atoms with Crippen LogP contribution in [0.1, 0.15) is 19.3 Å². The lowest BCUT2D eigenvalue weighted by molar-refractivity contribution is 0.198. The summed E-state index contributed by atoms with van der Waals surface area (Å²) in [5.41, 5.74) is 0. The van der Waals surface area contributed by atoms with Crippen molar-refractivity contribution in [3.63, 3.8) is 0 Å². The first-order valence-corrected chi connectivity index (χ1v) is 9.74. The van der Waals surface area contributed by atoms with Crippen LogP contribution in [0.5, 0.6) is 0 Å². The molecule has 0 aromatic carbocycles. The fourth-order valence-electron chi connectivity index (χ4n) is 3.06. The highest BCUT2D eigenvalue weighted by molar-refractivity contribution is 7.88. The summed E-state index contributed by atoms with van der Waals surface area (Å²) in [5, 5.41) is 12.9. The molecule has 0 unspecified atom stereocenters. The molecule has 3 rings (SSSR count). The molecule has 2 fully saturated rings. The molecular formula is C14H23N5O3S. The number of rotatable bonds is 4. The van der Waals surface area contributed by atoms with Crippen LogP contribution in [0.2, 0.25) is 0 Å². The first kappa shape index (κ1) is 16.4. The highest BCUT2D eigenvalue weighted by Crippen LogP contribution is 2.20. The molecule has 3 heterocycles. The number of hydrogen-bond acceptors (Lipinski definition) is 7. The third-order valence-electron chi connectivity index (χ3n) is 4.38. The molecule has 2 aliphatic rings. The largest absolute Gasteiger partial charge is 0.391 e. The van der Waals surface area contributed by atoms with Crippen LogP contribution < -0.4 is 10.2 Å². The molecule has 128 valence electrons. The van der Waals surface area contributed by atoms with Crippen LogP contribution in [0, 0.1) is 0 Å². The maximum atomic E-state index is 11.5. The molecule has 0 amide bonds. The first-order valence-electron chi connectivity index (χ1n) is 7.89. The molecule has 0 bridgehead atoms. The van der Waals surface area contributed by atoms with Gasteiger partial charge in [0.2, 0.25) is 16.0 Å². The predicted molar refractivity (Wildman–Crippen MR) is 87.9 cm³/mol. The van der Waals surface area contributed by atoms with Crippen molar-refractivity contribution >= 4 is 21.8 Å². The monoisotopic (exact) mass is 341 g/mol. The summed E-state index contributed by atoms with van der Waals surface area (Å²) in [6.45, 7) is 2.44. The van der Waals surface area contributed by atoms with Gasteiger partial charge in [-0.1, -0.05) is 0 Å². The van der Waals surface area contributed by atoms with E-state index in [-0.39, 0.29) is 12.1 Å². The molecule has 0 radical (unpaired) electrons. The minimum absolute atomic E-state index is 0.174. The van der Waals surface area contributed by atoms with Gasteiger partial charge < -0.3 is 15.3 Å². The molecule has 1 aromatic heterocycles. The third kappa shape index (κ3) is 4.10. The Balaban J connectivity index is 1.59. The van der Waals surface area contributed by atoms with Crippen molar-refractivity contribution in [1.29, 1.82) is 0 Å². The fraction of sp³-hybridized carbons (Fsp3) is 0.714. The highest BCUT2D eigenvalue weighted by Gasteiger charge is 2.26. The Kier molecular flexibility index (Phi) is 4.69. The number of aliphatic hydroxyl groups is 1. The fourth-order valence-corrected chi connectivity index (χ4v) is 3.93. The van der Waals surface area contributed by atoms with Gasteiger partial charge in [0.05, 0.1) is 12.4 Å². The third-order valence-corrected chi connectivity index (χ3v) is 5.69. The number of aromatic nitrogens is 2. The molecule has 2 saturated heterocycles. The van der Waals surface area contributed by atoms with E-state index in [0.717, 1.165) is 31.6 Å². The second-order valence-corrected chi connectivity index (χ2v) is 8.19. The zero-order chi connectivity index (χ0) is 16.4. The zero-order valence-corrected chi connectivity index (χ0v) is 14.0. The standard InChI is InChI=1S/C14H23N5O3S/c1-23(21,22)19-8-3-11(4-9-19)16-14-15-6-2-13(17-14)18-7-5-12(20)10-18/h2,6,11-12,20H,3-5,7-10H2,1H3,(H,15,16,17)/t12-/m1/s1. The van der Waals surface area contributed by atoms with E-state index in [1.54, 1.807) is 6.20 Å². The lowest BCUT2D eigenvalue weighted by Gasteiger charge is -2.30. The number of anilines is 2. The van der Waals surface area contributed by atoms with Gasteiger partial charge in [0.1, 0.15) is 5.82 Å². The summed E-state index contributed by atoms with van der Waals surface area (Å²) in [6.07, 6.45) is 4.91. The smallest absolute Gasteiger partial charge is 0.224 e. The van der Waals surface area contributed by atoms with Crippen LogP contribution in [-0.4, -0.2) is 72.4 Å². The van der Waals surface area contributed by atoms with Gasteiger partial charge in [-0.25, -0.2) is 17.7 Å². The van der Waals surface area contributed by atoms with Crippen molar-refractivity contribution in [2.75, 3.05) is 42.7 Å². The minimum Gasteiger partial charge on any atom is -0.391 e. The van der Waals surface area contributed by atoms with Crippen LogP contribution >= 0.6 is 0 Å². The molecule has 0 aliphatic carbocycles. The van der Waals surface area contributed by atoms with Gasteiger partial charge in [-0.15, -0.1) is 0 Å². The molecule has 2 aliphatic heterocycles. The average molecular weight is 341 g/mol. The Labute approximate surface area is 136 Å². The number of nitrogens with zero attached hydrogens (tertiary/aromatic N) is 4. The number of hydrogen-bond donors (Lipinski definition) is 2. The van der Waals surface area contributed by atoms with Gasteiger partial charge in [0, 0.05) is 38.4 Å². The van der Waals surface area contributed by atoms with Gasteiger partial charge in [-0.05, 0) is 25.3 Å². The van der Waals surface area contributed by atoms with E-state index in [1.165, 1.54) is 10.6 Å². The number of nitrogens with one attached hydrogen (secondary N) is 1. The number of β-amino-alcohol motifs (C(OH)–C–C–N with tert-alkyl or cyclic N) is 1. The average Bonchev–Trinajstić information content (AvgIpc) is 2.94. The highest BCUT2D eigenvalue weighted by atomic mass is 32.2. The first-order chi connectivity index (χ1) is 10.9. The van der Waals surface area contributed by atoms with Crippen LogP contribution in [0.4, 0.5) is 11.8 Å². The van der Waals surface area contributed by atoms with Crippen LogP contribution in [0.25, 0.3) is 0 Å². The van der Waals surface area contributed by atoms with Crippen molar-refractivity contribution < 1.29 is 13.5 Å². The predicted octanol–water partition coefficient (Wildman–Crippen LogP) is -0.116. The summed E-state index contributed by atoms with van der Waals surface area (Å²) in [7, 11) is -3.10. The summed E-state index contributed by atoms with van der Waals surface area (Å²) < 4.78 is 24.6. The maximum absolute atomic E-state index is 11.5. The summed E-state index contributed by atoms with van der Waals surface area (Å²) in [4.78, 5) is 10.8. The molecule has 0 spiro atoms. The van der Waals surface area contributed by atoms with Gasteiger partial charge in [-0.2, -0.15) is 4.98 Å². The Morgan fingerprint density at radius 1 is 1.26 bits per heavy atom. The minimum atomic E-state index is -3.10. The van der Waals surface area contributed by atoms with Gasteiger partial charge in [-0.3, -0.25) is 0 Å². The van der Waals surface area contributed by atoms with Crippen molar-refractivity contribution in [3.8, 4) is 0 Å². The van der Waals surface area contributed by atoms with E-state index in [2.05, 4.69) is 15.3 Å². The number of sulfonamides is 1. The summed E-state index contributed by atoms with van der Waals surface area (Å²) >= 11 is 0. The van der Waals surface area contributed by atoms with Crippen LogP contribution in [0.15, 0.2) is 12.3 Å². The van der Waals surface area contributed by atoms with E-state index in [4.69, 9.17) is 0 Å². The Hall–Kier alpha value is -1.45. The molecule has 2 N–H and O–H groups in total. The normalized spacial score (nSPS) is 24.1. The Morgan fingerprint density at radius 3 is 2.61 bits per heavy atom. The molecule has 1 atom stereocenters. The van der Waals surface area contributed by atoms with Gasteiger partial charge >= 0.3 is 0 Å². The molecule has 1 aromatic rings. The second-order valence-electron chi connectivity index (χ2n) is 6.21. The Morgan fingerprint density at radius 2 is 2.00 bits per heavy atom. The molecule has 23 heavy (non-hydrogen) atoms. The lowest BCUT2D eigenvalue weighted by atomic mass is 10.1. The van der Waals surface area contributed by atoms with E-state index in [1.807, 2.05) is 11.0 Å². The lowest BCUT2D eigenvalue weighted by Crippen LogP contribution is -2.42. The van der Waals surface area contributed by atoms with E-state index in [9.17, 15) is 13.5 Å². The van der Waals surface area contributed by atoms with Crippen LogP contribution in [0.3, 0.4) is 0 Å². The second kappa shape index (κ2) is 6.58. The van der Waals surface area contributed by atoms with E-state index >= 15 is 0 Å². The molecule has 0 saturated carbocycles. The van der Waals surface area contributed by atoms with E-state index < -0.39 is 10.0 Å². The van der Waals surface area contributed by atoms with Gasteiger partial charge in [0.25, 0.3) is 0 Å². The maximum Gasteiger partial charge on any atom is 0.224 e. The Bertz CT molecular complexity index is 646. The summed E-state index contributed by atoms with van der Waals surface area (Å²) in [6, 6.07) is 2.02. The van der Waals surface area contributed by atoms with Gasteiger partial charge in [0.15, 0.2) is 0 Å². The van der Waals surface area contributed by atoms with Crippen molar-refractivity contribution in [3.05, 3.63) is 12.3 Å². The van der Waals surface area contributed by atoms with Crippen molar-refractivity contribution in [2.45, 2.75) is 31.4 Å². The van der Waals surface area contributed by atoms with E-state index in [0.29, 0.717) is 25.6 Å². The topological polar surface area (TPSA) is 98.7 Å². The SMILES string of the molecule is CS(=O)(=O)N1CCC(Nc2nccc(N3CC[C@@H](O)C3)n2)CC1. The number of aliphatic hydroxyl groups excluding tert-OH is 1. The van der Waals surface area contributed by atoms with Crippen LogP contribution in [-0.2, 0) is 10.0 Å². The van der Waals surface area contributed by atoms with Crippen molar-refractivity contribution in [2.24, 2.45) is 0 Å². The zero-order valence-electron chi connectivity index (χ0n) is 13.2. The molecule has 9 heteroatoms.